The molecule has 4 aliphatic heterocycles. The van der Waals surface area contributed by atoms with Crippen molar-refractivity contribution in [2.45, 2.75) is 50.6 Å². The van der Waals surface area contributed by atoms with Gasteiger partial charge in [0.25, 0.3) is 11.8 Å². The van der Waals surface area contributed by atoms with Crippen LogP contribution in [0.25, 0.3) is 0 Å². The molecule has 1 atom stereocenters. The van der Waals surface area contributed by atoms with Crippen LogP contribution in [0.5, 0.6) is 0 Å². The minimum absolute atomic E-state index is 0.0952. The van der Waals surface area contributed by atoms with Crippen LogP contribution in [-0.4, -0.2) is 82.8 Å². The first-order chi connectivity index (χ1) is 16.3. The minimum Gasteiger partial charge on any atom is -0.481 e. The van der Waals surface area contributed by atoms with Crippen molar-refractivity contribution in [3.63, 3.8) is 0 Å². The van der Waals surface area contributed by atoms with Crippen LogP contribution in [0.4, 0.5) is 5.69 Å². The maximum absolute atomic E-state index is 13.1. The Balaban J connectivity index is 1.23. The van der Waals surface area contributed by atoms with Crippen molar-refractivity contribution in [3.8, 4) is 0 Å². The molecule has 10 heteroatoms. The molecule has 34 heavy (non-hydrogen) atoms. The predicted octanol–water partition coefficient (Wildman–Crippen LogP) is 0.853. The first-order valence-electron chi connectivity index (χ1n) is 11.9. The number of nitrogens with one attached hydrogen (secondary N) is 1. The van der Waals surface area contributed by atoms with E-state index in [1.54, 1.807) is 12.1 Å². The molecule has 0 radical (unpaired) electrons. The molecule has 3 saturated heterocycles. The Bertz CT molecular complexity index is 1060. The Morgan fingerprint density at radius 3 is 2.21 bits per heavy atom. The van der Waals surface area contributed by atoms with E-state index < -0.39 is 35.6 Å². The molecule has 0 spiro atoms. The largest absolute Gasteiger partial charge is 0.481 e. The standard InChI is InChI=1S/C24H28N4O6/c29-20-4-3-19(21(30)25-20)28-22(31)17-2-1-16(13-18(17)23(28)32)27-11-7-15(8-12-27)26-9-5-14(6-10-26)24(33)34/h1-2,13-15,19H,3-12H2,(H,33,34)(H,25,29,30). The molecule has 4 aliphatic rings. The summed E-state index contributed by atoms with van der Waals surface area (Å²) in [6.07, 6.45) is 3.52. The molecule has 2 N–H and O–H groups in total. The third-order valence-corrected chi connectivity index (χ3v) is 7.65. The number of carboxylic acid groups (broad SMARTS) is 1. The summed E-state index contributed by atoms with van der Waals surface area (Å²) in [5.74, 6) is -2.93. The van der Waals surface area contributed by atoms with Gasteiger partial charge in [0.05, 0.1) is 17.0 Å². The first kappa shape index (κ1) is 22.5. The molecule has 0 aromatic heterocycles. The van der Waals surface area contributed by atoms with Crippen LogP contribution >= 0.6 is 0 Å². The van der Waals surface area contributed by atoms with Crippen molar-refractivity contribution in [3.05, 3.63) is 29.3 Å². The van der Waals surface area contributed by atoms with Gasteiger partial charge in [0.1, 0.15) is 6.04 Å². The van der Waals surface area contributed by atoms with Crippen molar-refractivity contribution in [1.29, 1.82) is 0 Å². The number of carbonyl (C=O) groups is 5. The van der Waals surface area contributed by atoms with E-state index in [0.29, 0.717) is 24.4 Å². The lowest BCUT2D eigenvalue weighted by molar-refractivity contribution is -0.143. The zero-order valence-corrected chi connectivity index (χ0v) is 18.9. The Labute approximate surface area is 196 Å². The second-order valence-corrected chi connectivity index (χ2v) is 9.54. The molecule has 0 aliphatic carbocycles. The lowest BCUT2D eigenvalue weighted by atomic mass is 9.93. The van der Waals surface area contributed by atoms with Gasteiger partial charge in [-0.1, -0.05) is 0 Å². The lowest BCUT2D eigenvalue weighted by Crippen LogP contribution is -2.54. The van der Waals surface area contributed by atoms with Crippen LogP contribution in [0.15, 0.2) is 18.2 Å². The van der Waals surface area contributed by atoms with E-state index in [1.165, 1.54) is 0 Å². The fraction of sp³-hybridized carbons (Fsp3) is 0.542. The first-order valence-corrected chi connectivity index (χ1v) is 11.9. The van der Waals surface area contributed by atoms with Crippen LogP contribution in [0.1, 0.15) is 59.2 Å². The van der Waals surface area contributed by atoms with Crippen molar-refractivity contribution >= 4 is 35.3 Å². The molecular weight excluding hydrogens is 440 g/mol. The second-order valence-electron chi connectivity index (χ2n) is 9.54. The monoisotopic (exact) mass is 468 g/mol. The summed E-state index contributed by atoms with van der Waals surface area (Å²) < 4.78 is 0. The van der Waals surface area contributed by atoms with Gasteiger partial charge in [0, 0.05) is 31.2 Å². The SMILES string of the molecule is O=C1CCC(N2C(=O)c3ccc(N4CCC(N5CCC(C(=O)O)CC5)CC4)cc3C2=O)C(=O)N1. The highest BCUT2D eigenvalue weighted by atomic mass is 16.4. The van der Waals surface area contributed by atoms with Crippen LogP contribution < -0.4 is 10.2 Å². The molecule has 180 valence electrons. The fourth-order valence-electron chi connectivity index (χ4n) is 5.66. The second kappa shape index (κ2) is 8.83. The Kier molecular flexibility index (Phi) is 5.85. The number of benzene rings is 1. The number of nitrogens with zero attached hydrogens (tertiary/aromatic N) is 3. The van der Waals surface area contributed by atoms with E-state index in [2.05, 4.69) is 15.1 Å². The average molecular weight is 469 g/mol. The number of carboxylic acids is 1. The van der Waals surface area contributed by atoms with E-state index in [9.17, 15) is 29.1 Å². The molecule has 1 aromatic carbocycles. The minimum atomic E-state index is -0.963. The number of piperidine rings is 3. The van der Waals surface area contributed by atoms with E-state index in [-0.39, 0.29) is 24.3 Å². The van der Waals surface area contributed by atoms with Crippen LogP contribution in [0, 0.1) is 5.92 Å². The van der Waals surface area contributed by atoms with Gasteiger partial charge in [-0.3, -0.25) is 34.2 Å². The van der Waals surface area contributed by atoms with Crippen LogP contribution in [0.2, 0.25) is 0 Å². The topological polar surface area (TPSA) is 127 Å². The zero-order valence-electron chi connectivity index (χ0n) is 18.9. The maximum atomic E-state index is 13.1. The van der Waals surface area contributed by atoms with Gasteiger partial charge in [-0.2, -0.15) is 0 Å². The predicted molar refractivity (Wildman–Crippen MR) is 120 cm³/mol. The number of aliphatic carboxylic acids is 1. The van der Waals surface area contributed by atoms with Gasteiger partial charge in [-0.25, -0.2) is 0 Å². The quantitative estimate of drug-likeness (QED) is 0.623. The third kappa shape index (κ3) is 3.96. The normalized spacial score (nSPS) is 25.0. The Hall–Kier alpha value is -3.27. The summed E-state index contributed by atoms with van der Waals surface area (Å²) in [7, 11) is 0. The maximum Gasteiger partial charge on any atom is 0.306 e. The van der Waals surface area contributed by atoms with E-state index in [1.807, 2.05) is 6.07 Å². The van der Waals surface area contributed by atoms with E-state index in [0.717, 1.165) is 49.6 Å². The molecule has 0 saturated carbocycles. The summed E-state index contributed by atoms with van der Waals surface area (Å²) in [6, 6.07) is 4.69. The van der Waals surface area contributed by atoms with Gasteiger partial charge in [0.2, 0.25) is 11.8 Å². The summed E-state index contributed by atoms with van der Waals surface area (Å²) in [6.45, 7) is 3.24. The molecule has 1 unspecified atom stereocenters. The smallest absolute Gasteiger partial charge is 0.306 e. The summed E-state index contributed by atoms with van der Waals surface area (Å²) in [5.41, 5.74) is 1.45. The number of fused-ring (bicyclic) bond motifs is 1. The molecule has 5 rings (SSSR count). The molecule has 10 nitrogen and oxygen atoms in total. The third-order valence-electron chi connectivity index (χ3n) is 7.65. The Morgan fingerprint density at radius 1 is 0.882 bits per heavy atom. The number of imide groups is 2. The van der Waals surface area contributed by atoms with Crippen molar-refractivity contribution in [2.24, 2.45) is 5.92 Å². The summed E-state index contributed by atoms with van der Waals surface area (Å²) >= 11 is 0. The number of rotatable bonds is 4. The summed E-state index contributed by atoms with van der Waals surface area (Å²) in [4.78, 5) is 66.4. The van der Waals surface area contributed by atoms with Gasteiger partial charge < -0.3 is 14.9 Å². The number of carbonyl (C=O) groups excluding carboxylic acids is 4. The average Bonchev–Trinajstić information content (AvgIpc) is 3.09. The Morgan fingerprint density at radius 2 is 1.56 bits per heavy atom. The molecule has 1 aromatic rings. The van der Waals surface area contributed by atoms with E-state index in [4.69, 9.17) is 0 Å². The van der Waals surface area contributed by atoms with Gasteiger partial charge in [-0.05, 0) is 63.4 Å². The molecule has 0 bridgehead atoms. The molecule has 4 heterocycles. The number of anilines is 1. The van der Waals surface area contributed by atoms with Crippen LogP contribution in [-0.2, 0) is 14.4 Å². The van der Waals surface area contributed by atoms with E-state index >= 15 is 0 Å². The van der Waals surface area contributed by atoms with Crippen molar-refractivity contribution in [2.75, 3.05) is 31.1 Å². The summed E-state index contributed by atoms with van der Waals surface area (Å²) in [5, 5.41) is 11.4. The van der Waals surface area contributed by atoms with Crippen LogP contribution in [0.3, 0.4) is 0 Å². The number of hydrogen-bond donors (Lipinski definition) is 2. The molecule has 3 fully saturated rings. The highest BCUT2D eigenvalue weighted by molar-refractivity contribution is 6.23. The molecular formula is C24H28N4O6. The number of hydrogen-bond acceptors (Lipinski definition) is 7. The lowest BCUT2D eigenvalue weighted by Gasteiger charge is -2.42. The highest BCUT2D eigenvalue weighted by Crippen LogP contribution is 2.32. The fourth-order valence-corrected chi connectivity index (χ4v) is 5.66. The zero-order chi connectivity index (χ0) is 24.0. The highest BCUT2D eigenvalue weighted by Gasteiger charge is 2.44. The number of amides is 4. The van der Waals surface area contributed by atoms with Crippen molar-refractivity contribution < 1.29 is 29.1 Å². The number of likely N-dealkylation sites (tertiary alicyclic amines) is 1. The van der Waals surface area contributed by atoms with Gasteiger partial charge in [0.15, 0.2) is 0 Å². The van der Waals surface area contributed by atoms with Gasteiger partial charge >= 0.3 is 5.97 Å². The molecule has 4 amide bonds. The van der Waals surface area contributed by atoms with Gasteiger partial charge in [-0.15, -0.1) is 0 Å². The van der Waals surface area contributed by atoms with Crippen molar-refractivity contribution in [1.82, 2.24) is 15.1 Å².